The zero-order valence-corrected chi connectivity index (χ0v) is 13.2. The molecule has 2 aromatic rings. The third-order valence-corrected chi connectivity index (χ3v) is 3.13. The first-order valence-corrected chi connectivity index (χ1v) is 7.35. The number of nitrogens with one attached hydrogen (secondary N) is 2. The van der Waals surface area contributed by atoms with E-state index in [2.05, 4.69) is 31.5 Å². The van der Waals surface area contributed by atoms with E-state index in [0.717, 1.165) is 15.8 Å². The topological polar surface area (TPSA) is 63.2 Å². The maximum Gasteiger partial charge on any atom is 0.320 e. The lowest BCUT2D eigenvalue weighted by Gasteiger charge is -2.08. The summed E-state index contributed by atoms with van der Waals surface area (Å²) in [5.41, 5.74) is 0.998. The van der Waals surface area contributed by atoms with Crippen molar-refractivity contribution in [2.45, 2.75) is 13.5 Å². The number of rotatable bonds is 5. The fourth-order valence-electron chi connectivity index (χ4n) is 1.66. The van der Waals surface area contributed by atoms with Gasteiger partial charge in [-0.05, 0) is 52.7 Å². The molecular weight excluding hydrogens is 334 g/mol. The van der Waals surface area contributed by atoms with Crippen molar-refractivity contribution in [2.75, 3.05) is 11.9 Å². The number of benzene rings is 1. The Morgan fingerprint density at radius 2 is 2.00 bits per heavy atom. The Balaban J connectivity index is 1.81. The molecule has 21 heavy (non-hydrogen) atoms. The van der Waals surface area contributed by atoms with Crippen molar-refractivity contribution >= 4 is 27.8 Å². The molecule has 5 nitrogen and oxygen atoms in total. The molecule has 6 heteroatoms. The Morgan fingerprint density at radius 3 is 2.62 bits per heavy atom. The van der Waals surface area contributed by atoms with Crippen LogP contribution in [0.25, 0.3) is 0 Å². The molecular formula is C15H16BrN3O2. The van der Waals surface area contributed by atoms with E-state index >= 15 is 0 Å². The highest BCUT2D eigenvalue weighted by molar-refractivity contribution is 9.10. The molecule has 1 aromatic carbocycles. The van der Waals surface area contributed by atoms with E-state index in [9.17, 15) is 4.79 Å². The molecule has 1 aromatic heterocycles. The molecule has 1 heterocycles. The van der Waals surface area contributed by atoms with Gasteiger partial charge in [0.2, 0.25) is 0 Å². The van der Waals surface area contributed by atoms with Crippen LogP contribution in [-0.4, -0.2) is 17.6 Å². The Morgan fingerprint density at radius 1 is 1.24 bits per heavy atom. The van der Waals surface area contributed by atoms with Gasteiger partial charge in [-0.15, -0.1) is 0 Å². The van der Waals surface area contributed by atoms with Gasteiger partial charge in [-0.3, -0.25) is 5.32 Å². The second kappa shape index (κ2) is 7.64. The maximum atomic E-state index is 11.7. The van der Waals surface area contributed by atoms with Gasteiger partial charge in [0.15, 0.2) is 0 Å². The second-order valence-electron chi connectivity index (χ2n) is 4.25. The van der Waals surface area contributed by atoms with Gasteiger partial charge in [-0.2, -0.15) is 0 Å². The van der Waals surface area contributed by atoms with E-state index in [-0.39, 0.29) is 6.03 Å². The lowest BCUT2D eigenvalue weighted by Crippen LogP contribution is -2.28. The van der Waals surface area contributed by atoms with E-state index in [1.54, 1.807) is 12.3 Å². The van der Waals surface area contributed by atoms with Crippen LogP contribution in [0.15, 0.2) is 47.1 Å². The normalized spacial score (nSPS) is 10.0. The number of ether oxygens (including phenoxy) is 1. The molecule has 0 saturated heterocycles. The summed E-state index contributed by atoms with van der Waals surface area (Å²) >= 11 is 3.29. The highest BCUT2D eigenvalue weighted by Crippen LogP contribution is 2.12. The molecule has 0 spiro atoms. The summed E-state index contributed by atoms with van der Waals surface area (Å²) in [6.07, 6.45) is 1.63. The number of carbonyl (C=O) groups is 1. The SMILES string of the molecule is CCOc1ccc(CNC(=O)Nc2ccc(Br)cn2)cc1. The lowest BCUT2D eigenvalue weighted by atomic mass is 10.2. The molecule has 2 rings (SSSR count). The van der Waals surface area contributed by atoms with E-state index in [1.807, 2.05) is 37.3 Å². The highest BCUT2D eigenvalue weighted by Gasteiger charge is 2.03. The number of amides is 2. The molecule has 0 atom stereocenters. The summed E-state index contributed by atoms with van der Waals surface area (Å²) < 4.78 is 6.23. The van der Waals surface area contributed by atoms with Gasteiger partial charge in [0, 0.05) is 17.2 Å². The summed E-state index contributed by atoms with van der Waals surface area (Å²) in [6, 6.07) is 10.9. The predicted molar refractivity (Wildman–Crippen MR) is 85.4 cm³/mol. The Kier molecular flexibility index (Phi) is 5.57. The molecule has 0 bridgehead atoms. The van der Waals surface area contributed by atoms with Crippen LogP contribution in [0, 0.1) is 0 Å². The third-order valence-electron chi connectivity index (χ3n) is 2.66. The van der Waals surface area contributed by atoms with Crippen LogP contribution in [-0.2, 0) is 6.54 Å². The fourth-order valence-corrected chi connectivity index (χ4v) is 1.90. The van der Waals surface area contributed by atoms with Crippen molar-refractivity contribution in [1.29, 1.82) is 0 Å². The highest BCUT2D eigenvalue weighted by atomic mass is 79.9. The number of hydrogen-bond donors (Lipinski definition) is 2. The molecule has 0 radical (unpaired) electrons. The first-order chi connectivity index (χ1) is 10.2. The minimum atomic E-state index is -0.293. The first-order valence-electron chi connectivity index (χ1n) is 6.55. The van der Waals surface area contributed by atoms with Gasteiger partial charge in [0.05, 0.1) is 6.61 Å². The quantitative estimate of drug-likeness (QED) is 0.867. The van der Waals surface area contributed by atoms with Crippen molar-refractivity contribution in [2.24, 2.45) is 0 Å². The van der Waals surface area contributed by atoms with Crippen molar-refractivity contribution < 1.29 is 9.53 Å². The van der Waals surface area contributed by atoms with Crippen molar-refractivity contribution in [3.8, 4) is 5.75 Å². The van der Waals surface area contributed by atoms with Crippen molar-refractivity contribution in [3.63, 3.8) is 0 Å². The third kappa shape index (κ3) is 5.07. The zero-order valence-electron chi connectivity index (χ0n) is 11.6. The summed E-state index contributed by atoms with van der Waals surface area (Å²) in [5.74, 6) is 1.33. The molecule has 0 unspecified atom stereocenters. The van der Waals surface area contributed by atoms with Gasteiger partial charge < -0.3 is 10.1 Å². The zero-order chi connectivity index (χ0) is 15.1. The van der Waals surface area contributed by atoms with Gasteiger partial charge in [0.25, 0.3) is 0 Å². The monoisotopic (exact) mass is 349 g/mol. The van der Waals surface area contributed by atoms with E-state index in [0.29, 0.717) is 19.0 Å². The van der Waals surface area contributed by atoms with Crippen molar-refractivity contribution in [3.05, 3.63) is 52.6 Å². The minimum absolute atomic E-state index is 0.293. The number of aromatic nitrogens is 1. The van der Waals surface area contributed by atoms with Crippen LogP contribution in [0.3, 0.4) is 0 Å². The van der Waals surface area contributed by atoms with Gasteiger partial charge in [-0.25, -0.2) is 9.78 Å². The summed E-state index contributed by atoms with van der Waals surface area (Å²) in [7, 11) is 0. The molecule has 2 amide bonds. The summed E-state index contributed by atoms with van der Waals surface area (Å²) in [6.45, 7) is 3.02. The Hall–Kier alpha value is -2.08. The van der Waals surface area contributed by atoms with Crippen LogP contribution in [0.4, 0.5) is 10.6 Å². The fraction of sp³-hybridized carbons (Fsp3) is 0.200. The van der Waals surface area contributed by atoms with E-state index in [1.165, 1.54) is 0 Å². The van der Waals surface area contributed by atoms with Crippen LogP contribution in [0.2, 0.25) is 0 Å². The van der Waals surface area contributed by atoms with Crippen LogP contribution in [0.1, 0.15) is 12.5 Å². The van der Waals surface area contributed by atoms with E-state index in [4.69, 9.17) is 4.74 Å². The predicted octanol–water partition coefficient (Wildman–Crippen LogP) is 3.56. The standard InChI is InChI=1S/C15H16BrN3O2/c1-2-21-13-6-3-11(4-7-13)9-18-15(20)19-14-8-5-12(16)10-17-14/h3-8,10H,2,9H2,1H3,(H2,17,18,19,20). The molecule has 110 valence electrons. The molecule has 0 saturated carbocycles. The van der Waals surface area contributed by atoms with Crippen LogP contribution >= 0.6 is 15.9 Å². The number of halogens is 1. The number of pyridine rings is 1. The number of nitrogens with zero attached hydrogens (tertiary/aromatic N) is 1. The van der Waals surface area contributed by atoms with Gasteiger partial charge in [-0.1, -0.05) is 12.1 Å². The minimum Gasteiger partial charge on any atom is -0.494 e. The number of urea groups is 1. The summed E-state index contributed by atoms with van der Waals surface area (Å²) in [5, 5.41) is 5.44. The molecule has 2 N–H and O–H groups in total. The number of hydrogen-bond acceptors (Lipinski definition) is 3. The molecule has 0 aliphatic carbocycles. The summed E-state index contributed by atoms with van der Waals surface area (Å²) in [4.78, 5) is 15.8. The molecule has 0 fully saturated rings. The largest absolute Gasteiger partial charge is 0.494 e. The average Bonchev–Trinajstić information content (AvgIpc) is 2.49. The number of anilines is 1. The smallest absolute Gasteiger partial charge is 0.320 e. The number of carbonyl (C=O) groups excluding carboxylic acids is 1. The lowest BCUT2D eigenvalue weighted by molar-refractivity contribution is 0.251. The van der Waals surface area contributed by atoms with E-state index < -0.39 is 0 Å². The van der Waals surface area contributed by atoms with Crippen molar-refractivity contribution in [1.82, 2.24) is 10.3 Å². The second-order valence-corrected chi connectivity index (χ2v) is 5.16. The molecule has 0 aliphatic rings. The maximum absolute atomic E-state index is 11.7. The average molecular weight is 350 g/mol. The van der Waals surface area contributed by atoms with Crippen LogP contribution in [0.5, 0.6) is 5.75 Å². The Bertz CT molecular complexity index is 585. The van der Waals surface area contributed by atoms with Gasteiger partial charge in [0.1, 0.15) is 11.6 Å². The Labute approximate surface area is 131 Å². The molecule has 0 aliphatic heterocycles. The first kappa shape index (κ1) is 15.3. The van der Waals surface area contributed by atoms with Crippen LogP contribution < -0.4 is 15.4 Å². The van der Waals surface area contributed by atoms with Gasteiger partial charge >= 0.3 is 6.03 Å².